The number of benzene rings is 1. The van der Waals surface area contributed by atoms with Crippen molar-refractivity contribution in [3.05, 3.63) is 23.8 Å². The van der Waals surface area contributed by atoms with Gasteiger partial charge in [-0.25, -0.2) is 0 Å². The number of alkyl halides is 3. The molecule has 1 saturated carbocycles. The highest BCUT2D eigenvalue weighted by Crippen LogP contribution is 2.32. The summed E-state index contributed by atoms with van der Waals surface area (Å²) < 4.78 is 43.8. The van der Waals surface area contributed by atoms with Crippen LogP contribution in [-0.2, 0) is 16.0 Å². The molecule has 0 unspecified atom stereocenters. The van der Waals surface area contributed by atoms with Crippen molar-refractivity contribution in [3.8, 4) is 5.75 Å². The second-order valence-corrected chi connectivity index (χ2v) is 10.0. The van der Waals surface area contributed by atoms with Crippen LogP contribution in [0.25, 0.3) is 0 Å². The minimum atomic E-state index is -4.41. The maximum Gasteiger partial charge on any atom is 0.389 e. The molecule has 196 valence electrons. The van der Waals surface area contributed by atoms with Crippen molar-refractivity contribution >= 4 is 17.5 Å². The van der Waals surface area contributed by atoms with E-state index in [9.17, 15) is 27.9 Å². The molecule has 0 radical (unpaired) electrons. The molecule has 0 bridgehead atoms. The van der Waals surface area contributed by atoms with E-state index in [1.165, 1.54) is 12.8 Å². The number of halogens is 3. The third kappa shape index (κ3) is 8.38. The Morgan fingerprint density at radius 3 is 2.66 bits per heavy atom. The summed E-state index contributed by atoms with van der Waals surface area (Å²) in [5, 5.41) is 12.2. The molecule has 35 heavy (non-hydrogen) atoms. The second-order valence-electron chi connectivity index (χ2n) is 10.0. The Balaban J connectivity index is 1.82. The number of rotatable bonds is 9. The lowest BCUT2D eigenvalue weighted by Gasteiger charge is -2.34. The first-order valence-electron chi connectivity index (χ1n) is 12.2. The molecule has 0 aromatic heterocycles. The fraction of sp³-hybridized carbons (Fsp3) is 0.680. The van der Waals surface area contributed by atoms with Gasteiger partial charge < -0.3 is 25.0 Å². The minimum absolute atomic E-state index is 0.0106. The molecule has 2 aliphatic rings. The Hall–Kier alpha value is -2.33. The second kappa shape index (κ2) is 11.6. The largest absolute Gasteiger partial charge is 0.488 e. The van der Waals surface area contributed by atoms with Gasteiger partial charge in [-0.15, -0.1) is 0 Å². The van der Waals surface area contributed by atoms with Gasteiger partial charge in [-0.3, -0.25) is 9.59 Å². The van der Waals surface area contributed by atoms with E-state index >= 15 is 0 Å². The van der Waals surface area contributed by atoms with Crippen LogP contribution in [0.4, 0.5) is 18.9 Å². The molecule has 2 amide bonds. The van der Waals surface area contributed by atoms with E-state index in [2.05, 4.69) is 17.3 Å². The molecule has 3 atom stereocenters. The lowest BCUT2D eigenvalue weighted by atomic mass is 10.0. The van der Waals surface area contributed by atoms with E-state index in [1.807, 2.05) is 6.92 Å². The molecule has 1 aromatic carbocycles. The van der Waals surface area contributed by atoms with Gasteiger partial charge in [-0.05, 0) is 50.9 Å². The molecule has 7 nitrogen and oxygen atoms in total. The van der Waals surface area contributed by atoms with Crippen molar-refractivity contribution in [2.45, 2.75) is 64.3 Å². The molecular formula is C25H36F3N3O4. The maximum atomic E-state index is 13.2. The topological polar surface area (TPSA) is 82.1 Å². The average Bonchev–Trinajstić information content (AvgIpc) is 3.58. The van der Waals surface area contributed by atoms with Gasteiger partial charge in [0, 0.05) is 43.2 Å². The lowest BCUT2D eigenvalue weighted by Crippen LogP contribution is -2.47. The van der Waals surface area contributed by atoms with Crippen LogP contribution in [0.3, 0.4) is 0 Å². The van der Waals surface area contributed by atoms with Crippen LogP contribution in [-0.4, -0.2) is 78.3 Å². The van der Waals surface area contributed by atoms with Gasteiger partial charge in [0.15, 0.2) is 0 Å². The number of nitrogens with zero attached hydrogens (tertiary/aromatic N) is 2. The Bertz CT molecular complexity index is 891. The molecule has 2 N–H and O–H groups in total. The summed E-state index contributed by atoms with van der Waals surface area (Å²) in [6.07, 6.45) is -4.04. The standard InChI is InChI=1S/C25H36F3N3O4/c1-16-12-31(17(2)15-32)24(34)11-19-10-20(29-23(33)8-9-25(26,27)28)6-7-21(19)35-22(16)14-30(3)13-18-4-5-18/h6-7,10,16-18,22,32H,4-5,8-9,11-15H2,1-3H3,(H,29,33)/t16-,17+,22+/m0/s1. The molecule has 1 fully saturated rings. The van der Waals surface area contributed by atoms with Crippen molar-refractivity contribution < 1.29 is 32.6 Å². The lowest BCUT2D eigenvalue weighted by molar-refractivity contribution is -0.142. The summed E-state index contributed by atoms with van der Waals surface area (Å²) in [7, 11) is 2.06. The summed E-state index contributed by atoms with van der Waals surface area (Å²) >= 11 is 0. The van der Waals surface area contributed by atoms with Gasteiger partial charge in [0.05, 0.1) is 25.5 Å². The molecule has 0 saturated heterocycles. The Morgan fingerprint density at radius 2 is 2.03 bits per heavy atom. The molecule has 3 rings (SSSR count). The number of hydrogen-bond acceptors (Lipinski definition) is 5. The van der Waals surface area contributed by atoms with E-state index < -0.39 is 24.9 Å². The van der Waals surface area contributed by atoms with Crippen LogP contribution >= 0.6 is 0 Å². The fourth-order valence-electron chi connectivity index (χ4n) is 4.33. The van der Waals surface area contributed by atoms with Crippen LogP contribution in [0.2, 0.25) is 0 Å². The van der Waals surface area contributed by atoms with Crippen LogP contribution < -0.4 is 10.1 Å². The minimum Gasteiger partial charge on any atom is -0.488 e. The molecule has 0 spiro atoms. The number of hydrogen-bond donors (Lipinski definition) is 2. The van der Waals surface area contributed by atoms with Crippen molar-refractivity contribution in [1.29, 1.82) is 0 Å². The fourth-order valence-corrected chi connectivity index (χ4v) is 4.33. The summed E-state index contributed by atoms with van der Waals surface area (Å²) in [6.45, 7) is 5.72. The number of nitrogens with one attached hydrogen (secondary N) is 1. The predicted octanol–water partition coefficient (Wildman–Crippen LogP) is 3.46. The molecule has 1 aromatic rings. The number of likely N-dealkylation sites (N-methyl/N-ethyl adjacent to an activating group) is 1. The molecule has 10 heteroatoms. The Kier molecular flexibility index (Phi) is 9.04. The summed E-state index contributed by atoms with van der Waals surface area (Å²) in [4.78, 5) is 29.1. The first-order chi connectivity index (χ1) is 16.4. The number of fused-ring (bicyclic) bond motifs is 1. The van der Waals surface area contributed by atoms with E-state index in [0.717, 1.165) is 12.5 Å². The van der Waals surface area contributed by atoms with Gasteiger partial charge in [0.2, 0.25) is 11.8 Å². The predicted molar refractivity (Wildman–Crippen MR) is 126 cm³/mol. The number of carbonyl (C=O) groups excluding carboxylic acids is 2. The van der Waals surface area contributed by atoms with Crippen LogP contribution in [0.5, 0.6) is 5.75 Å². The first kappa shape index (κ1) is 27.3. The highest BCUT2D eigenvalue weighted by molar-refractivity contribution is 5.91. The van der Waals surface area contributed by atoms with Crippen LogP contribution in [0, 0.1) is 11.8 Å². The van der Waals surface area contributed by atoms with Crippen molar-refractivity contribution in [2.24, 2.45) is 11.8 Å². The third-order valence-corrected chi connectivity index (χ3v) is 6.59. The van der Waals surface area contributed by atoms with Gasteiger partial charge in [-0.2, -0.15) is 13.2 Å². The summed E-state index contributed by atoms with van der Waals surface area (Å²) in [5.74, 6) is 0.288. The zero-order chi connectivity index (χ0) is 25.8. The van der Waals surface area contributed by atoms with Crippen molar-refractivity contribution in [2.75, 3.05) is 38.6 Å². The number of aliphatic hydroxyl groups is 1. The van der Waals surface area contributed by atoms with Crippen LogP contribution in [0.1, 0.15) is 45.1 Å². The highest BCUT2D eigenvalue weighted by atomic mass is 19.4. The van der Waals surface area contributed by atoms with E-state index in [0.29, 0.717) is 30.1 Å². The van der Waals surface area contributed by atoms with Gasteiger partial charge >= 0.3 is 6.18 Å². The smallest absolute Gasteiger partial charge is 0.389 e. The number of ether oxygens (including phenoxy) is 1. The van der Waals surface area contributed by atoms with Crippen molar-refractivity contribution in [1.82, 2.24) is 9.80 Å². The Labute approximate surface area is 204 Å². The molecular weight excluding hydrogens is 463 g/mol. The highest BCUT2D eigenvalue weighted by Gasteiger charge is 2.32. The third-order valence-electron chi connectivity index (χ3n) is 6.59. The Morgan fingerprint density at radius 1 is 1.31 bits per heavy atom. The van der Waals surface area contributed by atoms with Gasteiger partial charge in [0.1, 0.15) is 11.9 Å². The summed E-state index contributed by atoms with van der Waals surface area (Å²) in [6, 6.07) is 4.45. The van der Waals surface area contributed by atoms with Crippen LogP contribution in [0.15, 0.2) is 18.2 Å². The number of carbonyl (C=O) groups is 2. The van der Waals surface area contributed by atoms with E-state index in [4.69, 9.17) is 4.74 Å². The quantitative estimate of drug-likeness (QED) is 0.544. The number of aliphatic hydroxyl groups excluding tert-OH is 1. The maximum absolute atomic E-state index is 13.2. The zero-order valence-corrected chi connectivity index (χ0v) is 20.6. The summed E-state index contributed by atoms with van der Waals surface area (Å²) in [5.41, 5.74) is 0.853. The van der Waals surface area contributed by atoms with Gasteiger partial charge in [0.25, 0.3) is 0 Å². The first-order valence-corrected chi connectivity index (χ1v) is 12.2. The number of amides is 2. The molecule has 1 aliphatic carbocycles. The molecule has 1 heterocycles. The van der Waals surface area contributed by atoms with Crippen molar-refractivity contribution in [3.63, 3.8) is 0 Å². The normalized spacial score (nSPS) is 22.1. The zero-order valence-electron chi connectivity index (χ0n) is 20.6. The molecule has 1 aliphatic heterocycles. The van der Waals surface area contributed by atoms with E-state index in [-0.39, 0.29) is 37.0 Å². The monoisotopic (exact) mass is 499 g/mol. The average molecular weight is 500 g/mol. The number of anilines is 1. The SMILES string of the molecule is C[C@H](CO)N1C[C@H](C)[C@@H](CN(C)CC2CC2)Oc2ccc(NC(=O)CCC(F)(F)F)cc2CC1=O. The van der Waals surface area contributed by atoms with Gasteiger partial charge in [-0.1, -0.05) is 6.92 Å². The van der Waals surface area contributed by atoms with E-state index in [1.54, 1.807) is 30.0 Å².